The number of thioether (sulfide) groups is 1. The van der Waals surface area contributed by atoms with Gasteiger partial charge in [0.15, 0.2) is 5.82 Å². The lowest BCUT2D eigenvalue weighted by molar-refractivity contribution is -0.113. The lowest BCUT2D eigenvalue weighted by Gasteiger charge is -2.11. The molecule has 4 rings (SSSR count). The number of aromatic nitrogens is 4. The first-order chi connectivity index (χ1) is 15.1. The highest BCUT2D eigenvalue weighted by molar-refractivity contribution is 8.00. The van der Waals surface area contributed by atoms with Gasteiger partial charge in [-0.3, -0.25) is 9.78 Å². The summed E-state index contributed by atoms with van der Waals surface area (Å²) in [5.41, 5.74) is 1.20. The minimum atomic E-state index is -3.99. The Hall–Kier alpha value is -3.50. The largest absolute Gasteiger partial charge is 0.325 e. The summed E-state index contributed by atoms with van der Waals surface area (Å²) in [6.45, 7) is 0. The molecular formula is C21H17N5O3S2. The Balaban J connectivity index is 1.67. The Morgan fingerprint density at radius 3 is 2.23 bits per heavy atom. The summed E-state index contributed by atoms with van der Waals surface area (Å²) in [6, 6.07) is 20.3. The zero-order valence-corrected chi connectivity index (χ0v) is 17.8. The number of pyridine rings is 1. The van der Waals surface area contributed by atoms with Crippen LogP contribution in [0.4, 0.5) is 5.69 Å². The molecule has 10 heteroatoms. The molecule has 2 aromatic carbocycles. The summed E-state index contributed by atoms with van der Waals surface area (Å²) in [5, 5.41) is 11.0. The van der Waals surface area contributed by atoms with E-state index >= 15 is 0 Å². The number of nitrogens with one attached hydrogen (secondary N) is 1. The smallest absolute Gasteiger partial charge is 0.271 e. The van der Waals surface area contributed by atoms with Crippen molar-refractivity contribution in [2.75, 3.05) is 11.1 Å². The van der Waals surface area contributed by atoms with E-state index in [-0.39, 0.29) is 27.5 Å². The fourth-order valence-corrected chi connectivity index (χ4v) is 5.20. The normalized spacial score (nSPS) is 11.2. The number of carbonyl (C=O) groups excluding carboxylic acids is 1. The Labute approximate surface area is 183 Å². The Kier molecular flexibility index (Phi) is 6.10. The third-order valence-corrected chi connectivity index (χ3v) is 6.95. The van der Waals surface area contributed by atoms with Crippen LogP contribution in [0, 0.1) is 0 Å². The fraction of sp³-hybridized carbons (Fsp3) is 0.0476. The number of benzene rings is 2. The fourth-order valence-electron chi connectivity index (χ4n) is 2.79. The van der Waals surface area contributed by atoms with E-state index in [0.29, 0.717) is 11.3 Å². The van der Waals surface area contributed by atoms with E-state index in [9.17, 15) is 13.2 Å². The minimum absolute atomic E-state index is 0.0340. The number of carbonyl (C=O) groups is 1. The summed E-state index contributed by atoms with van der Waals surface area (Å²) < 4.78 is 27.9. The van der Waals surface area contributed by atoms with Crippen molar-refractivity contribution in [1.29, 1.82) is 0 Å². The van der Waals surface area contributed by atoms with Crippen molar-refractivity contribution in [2.24, 2.45) is 0 Å². The standard InChI is InChI=1S/C21H17N5O3S2/c27-19(23-17-7-3-1-4-8-17)15-30-21-25-24-20(16-11-13-22-14-12-16)26(21)31(28,29)18-9-5-2-6-10-18/h1-14H,15H2,(H,23,27). The molecule has 0 radical (unpaired) electrons. The van der Waals surface area contributed by atoms with Crippen molar-refractivity contribution in [1.82, 2.24) is 19.2 Å². The molecule has 0 aliphatic heterocycles. The quantitative estimate of drug-likeness (QED) is 0.430. The molecule has 31 heavy (non-hydrogen) atoms. The van der Waals surface area contributed by atoms with Gasteiger partial charge in [-0.15, -0.1) is 10.2 Å². The number of anilines is 1. The van der Waals surface area contributed by atoms with E-state index in [1.54, 1.807) is 54.9 Å². The van der Waals surface area contributed by atoms with E-state index in [0.717, 1.165) is 15.7 Å². The SMILES string of the molecule is O=C(CSc1nnc(-c2ccncc2)n1S(=O)(=O)c1ccccc1)Nc1ccccc1. The third-order valence-electron chi connectivity index (χ3n) is 4.21. The van der Waals surface area contributed by atoms with Crippen molar-refractivity contribution in [3.05, 3.63) is 85.2 Å². The van der Waals surface area contributed by atoms with Gasteiger partial charge in [0, 0.05) is 23.6 Å². The van der Waals surface area contributed by atoms with Gasteiger partial charge in [0.2, 0.25) is 11.1 Å². The summed E-state index contributed by atoms with van der Waals surface area (Å²) in [6.07, 6.45) is 3.09. The van der Waals surface area contributed by atoms with Crippen molar-refractivity contribution in [3.63, 3.8) is 0 Å². The highest BCUT2D eigenvalue weighted by Gasteiger charge is 2.27. The van der Waals surface area contributed by atoms with Crippen LogP contribution < -0.4 is 5.32 Å². The van der Waals surface area contributed by atoms with Crippen molar-refractivity contribution >= 4 is 33.4 Å². The maximum Gasteiger partial charge on any atom is 0.271 e. The molecular weight excluding hydrogens is 434 g/mol. The van der Waals surface area contributed by atoms with Gasteiger partial charge in [-0.25, -0.2) is 8.42 Å². The molecule has 0 aliphatic carbocycles. The number of rotatable bonds is 7. The number of nitrogens with zero attached hydrogens (tertiary/aromatic N) is 4. The van der Waals surface area contributed by atoms with Gasteiger partial charge in [0.25, 0.3) is 10.0 Å². The second kappa shape index (κ2) is 9.11. The lowest BCUT2D eigenvalue weighted by Crippen LogP contribution is -2.18. The number of hydrogen-bond acceptors (Lipinski definition) is 7. The average Bonchev–Trinajstić information content (AvgIpc) is 3.24. The van der Waals surface area contributed by atoms with Crippen LogP contribution in [0.2, 0.25) is 0 Å². The van der Waals surface area contributed by atoms with Gasteiger partial charge < -0.3 is 5.32 Å². The molecule has 0 spiro atoms. The third kappa shape index (κ3) is 4.65. The van der Waals surface area contributed by atoms with E-state index < -0.39 is 10.0 Å². The second-order valence-electron chi connectivity index (χ2n) is 6.33. The molecule has 1 amide bonds. The maximum atomic E-state index is 13.4. The van der Waals surface area contributed by atoms with Crippen LogP contribution in [0.25, 0.3) is 11.4 Å². The van der Waals surface area contributed by atoms with Crippen LogP contribution in [0.1, 0.15) is 0 Å². The first-order valence-corrected chi connectivity index (χ1v) is 11.6. The predicted octanol–water partition coefficient (Wildman–Crippen LogP) is 3.31. The summed E-state index contributed by atoms with van der Waals surface area (Å²) >= 11 is 0.994. The molecule has 0 saturated heterocycles. The van der Waals surface area contributed by atoms with Gasteiger partial charge in [-0.2, -0.15) is 3.97 Å². The van der Waals surface area contributed by atoms with Gasteiger partial charge in [0.05, 0.1) is 10.6 Å². The number of para-hydroxylation sites is 1. The van der Waals surface area contributed by atoms with Crippen molar-refractivity contribution in [2.45, 2.75) is 10.1 Å². The average molecular weight is 452 g/mol. The van der Waals surface area contributed by atoms with Gasteiger partial charge >= 0.3 is 0 Å². The van der Waals surface area contributed by atoms with Gasteiger partial charge in [-0.05, 0) is 36.4 Å². The minimum Gasteiger partial charge on any atom is -0.325 e. The Bertz CT molecular complexity index is 1280. The molecule has 2 aromatic heterocycles. The van der Waals surface area contributed by atoms with E-state index in [1.807, 2.05) is 18.2 Å². The topological polar surface area (TPSA) is 107 Å². The molecule has 2 heterocycles. The predicted molar refractivity (Wildman–Crippen MR) is 118 cm³/mol. The molecule has 0 unspecified atom stereocenters. The second-order valence-corrected chi connectivity index (χ2v) is 9.06. The van der Waals surface area contributed by atoms with Crippen molar-refractivity contribution in [3.8, 4) is 11.4 Å². The lowest BCUT2D eigenvalue weighted by atomic mass is 10.3. The Morgan fingerprint density at radius 1 is 0.903 bits per heavy atom. The van der Waals surface area contributed by atoms with Crippen molar-refractivity contribution < 1.29 is 13.2 Å². The van der Waals surface area contributed by atoms with Crippen LogP contribution in [0.15, 0.2) is 95.2 Å². The number of amides is 1. The summed E-state index contributed by atoms with van der Waals surface area (Å²) in [4.78, 5) is 16.4. The van der Waals surface area contributed by atoms with Gasteiger partial charge in [-0.1, -0.05) is 48.2 Å². The molecule has 8 nitrogen and oxygen atoms in total. The molecule has 4 aromatic rings. The summed E-state index contributed by atoms with van der Waals surface area (Å²) in [7, 11) is -3.99. The zero-order chi connectivity index (χ0) is 21.7. The van der Waals surface area contributed by atoms with Crippen LogP contribution in [-0.2, 0) is 14.8 Å². The first-order valence-electron chi connectivity index (χ1n) is 9.20. The summed E-state index contributed by atoms with van der Waals surface area (Å²) in [5.74, 6) is -0.168. The zero-order valence-electron chi connectivity index (χ0n) is 16.1. The molecule has 1 N–H and O–H groups in total. The van der Waals surface area contributed by atoms with Crippen LogP contribution in [-0.4, -0.2) is 39.2 Å². The van der Waals surface area contributed by atoms with E-state index in [4.69, 9.17) is 0 Å². The van der Waals surface area contributed by atoms with E-state index in [1.165, 1.54) is 12.1 Å². The number of hydrogen-bond donors (Lipinski definition) is 1. The highest BCUT2D eigenvalue weighted by atomic mass is 32.2. The molecule has 0 bridgehead atoms. The van der Waals surface area contributed by atoms with E-state index in [2.05, 4.69) is 20.5 Å². The van der Waals surface area contributed by atoms with Gasteiger partial charge in [0.1, 0.15) is 0 Å². The monoisotopic (exact) mass is 451 g/mol. The maximum absolute atomic E-state index is 13.4. The Morgan fingerprint density at radius 2 is 1.55 bits per heavy atom. The first kappa shape index (κ1) is 20.8. The molecule has 0 saturated carbocycles. The van der Waals surface area contributed by atoms with Crippen LogP contribution >= 0.6 is 11.8 Å². The molecule has 0 aliphatic rings. The molecule has 156 valence electrons. The van der Waals surface area contributed by atoms with Crippen LogP contribution in [0.3, 0.4) is 0 Å². The highest BCUT2D eigenvalue weighted by Crippen LogP contribution is 2.28. The van der Waals surface area contributed by atoms with Crippen LogP contribution in [0.5, 0.6) is 0 Å². The molecule has 0 fully saturated rings. The molecule has 0 atom stereocenters.